The summed E-state index contributed by atoms with van der Waals surface area (Å²) in [5.74, 6) is 0.272. The largest absolute Gasteiger partial charge is 0.493 e. The molecule has 1 amide bonds. The highest BCUT2D eigenvalue weighted by atomic mass is 16.6. The van der Waals surface area contributed by atoms with Crippen LogP contribution in [0, 0.1) is 10.1 Å². The quantitative estimate of drug-likeness (QED) is 0.526. The number of amides is 1. The molecule has 1 aliphatic rings. The van der Waals surface area contributed by atoms with Crippen LogP contribution in [-0.2, 0) is 17.8 Å². The summed E-state index contributed by atoms with van der Waals surface area (Å²) < 4.78 is 10.4. The fourth-order valence-electron chi connectivity index (χ4n) is 3.94. The molecule has 2 aromatic rings. The van der Waals surface area contributed by atoms with Crippen molar-refractivity contribution in [3.63, 3.8) is 0 Å². The van der Waals surface area contributed by atoms with Crippen molar-refractivity contribution >= 4 is 11.6 Å². The van der Waals surface area contributed by atoms with Crippen molar-refractivity contribution in [3.05, 3.63) is 63.7 Å². The Hall–Kier alpha value is -3.13. The molecule has 0 heterocycles. The maximum absolute atomic E-state index is 13.3. The molecule has 0 bridgehead atoms. The first-order valence-corrected chi connectivity index (χ1v) is 9.85. The Bertz CT molecular complexity index is 902. The van der Waals surface area contributed by atoms with E-state index in [0.717, 1.165) is 12.0 Å². The molecule has 0 saturated heterocycles. The lowest BCUT2D eigenvalue weighted by atomic mass is 10.0. The van der Waals surface area contributed by atoms with E-state index in [9.17, 15) is 20.0 Å². The number of benzene rings is 2. The summed E-state index contributed by atoms with van der Waals surface area (Å²) in [6.07, 6.45) is 1.40. The zero-order valence-electron chi connectivity index (χ0n) is 17.1. The Morgan fingerprint density at radius 2 is 1.83 bits per heavy atom. The summed E-state index contributed by atoms with van der Waals surface area (Å²) in [5, 5.41) is 22.0. The summed E-state index contributed by atoms with van der Waals surface area (Å²) in [6.45, 7) is 0.336. The number of carbonyl (C=O) groups excluding carboxylic acids is 1. The number of rotatable bonds is 8. The van der Waals surface area contributed by atoms with Crippen molar-refractivity contribution in [3.8, 4) is 11.5 Å². The second-order valence-corrected chi connectivity index (χ2v) is 7.34. The number of aliphatic hydroxyl groups is 1. The van der Waals surface area contributed by atoms with Crippen molar-refractivity contribution in [2.45, 2.75) is 44.4 Å². The molecule has 1 saturated carbocycles. The topological polar surface area (TPSA) is 102 Å². The van der Waals surface area contributed by atoms with Crippen LogP contribution in [0.2, 0.25) is 0 Å². The fourth-order valence-corrected chi connectivity index (χ4v) is 3.94. The van der Waals surface area contributed by atoms with E-state index in [1.165, 1.54) is 26.4 Å². The minimum absolute atomic E-state index is 0.174. The molecule has 1 fully saturated rings. The molecule has 0 aliphatic heterocycles. The highest BCUT2D eigenvalue weighted by Gasteiger charge is 2.34. The first-order chi connectivity index (χ1) is 14.4. The summed E-state index contributed by atoms with van der Waals surface area (Å²) in [7, 11) is 2.83. The molecule has 3 rings (SSSR count). The van der Waals surface area contributed by atoms with Gasteiger partial charge in [0.2, 0.25) is 5.91 Å². The van der Waals surface area contributed by atoms with Crippen molar-refractivity contribution in [1.29, 1.82) is 0 Å². The molecule has 1 aliphatic carbocycles. The van der Waals surface area contributed by atoms with Crippen LogP contribution in [0.4, 0.5) is 5.69 Å². The average molecular weight is 414 g/mol. The molecule has 30 heavy (non-hydrogen) atoms. The first-order valence-electron chi connectivity index (χ1n) is 9.85. The summed E-state index contributed by atoms with van der Waals surface area (Å²) in [4.78, 5) is 26.0. The molecule has 2 atom stereocenters. The van der Waals surface area contributed by atoms with E-state index in [2.05, 4.69) is 0 Å². The third kappa shape index (κ3) is 4.71. The third-order valence-corrected chi connectivity index (χ3v) is 5.48. The van der Waals surface area contributed by atoms with Crippen molar-refractivity contribution < 1.29 is 24.3 Å². The fraction of sp³-hybridized carbons (Fsp3) is 0.409. The number of aliphatic hydroxyl groups excluding tert-OH is 1. The van der Waals surface area contributed by atoms with Crippen LogP contribution in [0.5, 0.6) is 11.5 Å². The number of nitro benzene ring substituents is 1. The van der Waals surface area contributed by atoms with Gasteiger partial charge in [-0.1, -0.05) is 30.3 Å². The van der Waals surface area contributed by atoms with Gasteiger partial charge < -0.3 is 19.5 Å². The van der Waals surface area contributed by atoms with E-state index in [0.29, 0.717) is 25.1 Å². The zero-order valence-corrected chi connectivity index (χ0v) is 17.1. The molecule has 1 N–H and O–H groups in total. The maximum atomic E-state index is 13.3. The van der Waals surface area contributed by atoms with E-state index in [4.69, 9.17) is 9.47 Å². The van der Waals surface area contributed by atoms with Gasteiger partial charge in [-0.05, 0) is 30.9 Å². The summed E-state index contributed by atoms with van der Waals surface area (Å²) in [6, 6.07) is 11.9. The van der Waals surface area contributed by atoms with Crippen LogP contribution >= 0.6 is 0 Å². The van der Waals surface area contributed by atoms with Crippen LogP contribution in [0.3, 0.4) is 0 Å². The minimum atomic E-state index is -0.599. The number of nitrogens with zero attached hydrogens (tertiary/aromatic N) is 2. The third-order valence-electron chi connectivity index (χ3n) is 5.48. The molecule has 0 radical (unpaired) electrons. The lowest BCUT2D eigenvalue weighted by molar-refractivity contribution is -0.385. The van der Waals surface area contributed by atoms with Crippen molar-refractivity contribution in [2.75, 3.05) is 14.2 Å². The minimum Gasteiger partial charge on any atom is -0.493 e. The Morgan fingerprint density at radius 3 is 2.40 bits per heavy atom. The average Bonchev–Trinajstić information content (AvgIpc) is 3.17. The highest BCUT2D eigenvalue weighted by Crippen LogP contribution is 2.35. The molecule has 8 heteroatoms. The zero-order chi connectivity index (χ0) is 21.7. The predicted molar refractivity (Wildman–Crippen MR) is 111 cm³/mol. The van der Waals surface area contributed by atoms with Crippen LogP contribution in [0.25, 0.3) is 0 Å². The Kier molecular flexibility index (Phi) is 6.89. The van der Waals surface area contributed by atoms with Crippen LogP contribution in [-0.4, -0.2) is 47.2 Å². The summed E-state index contributed by atoms with van der Waals surface area (Å²) in [5.41, 5.74) is 0.979. The van der Waals surface area contributed by atoms with Gasteiger partial charge in [-0.15, -0.1) is 0 Å². The van der Waals surface area contributed by atoms with Crippen LogP contribution in [0.15, 0.2) is 42.5 Å². The Balaban J connectivity index is 1.92. The van der Waals surface area contributed by atoms with Crippen LogP contribution < -0.4 is 9.47 Å². The Labute approximate surface area is 175 Å². The molecular formula is C22H26N2O6. The number of hydrogen-bond acceptors (Lipinski definition) is 6. The van der Waals surface area contributed by atoms with Gasteiger partial charge in [-0.25, -0.2) is 0 Å². The number of hydrogen-bond donors (Lipinski definition) is 1. The normalized spacial score (nSPS) is 18.1. The second-order valence-electron chi connectivity index (χ2n) is 7.34. The summed E-state index contributed by atoms with van der Waals surface area (Å²) >= 11 is 0. The predicted octanol–water partition coefficient (Wildman–Crippen LogP) is 3.10. The Morgan fingerprint density at radius 1 is 1.17 bits per heavy atom. The molecule has 2 unspecified atom stereocenters. The number of ether oxygens (including phenoxy) is 2. The number of carbonyl (C=O) groups is 1. The molecule has 2 aromatic carbocycles. The van der Waals surface area contributed by atoms with Gasteiger partial charge in [0.1, 0.15) is 0 Å². The van der Waals surface area contributed by atoms with Gasteiger partial charge in [-0.3, -0.25) is 14.9 Å². The lowest BCUT2D eigenvalue weighted by Crippen LogP contribution is -2.44. The molecule has 0 aromatic heterocycles. The molecule has 160 valence electrons. The highest BCUT2D eigenvalue weighted by molar-refractivity contribution is 5.81. The smallest absolute Gasteiger partial charge is 0.277 e. The van der Waals surface area contributed by atoms with Crippen LogP contribution in [0.1, 0.15) is 30.4 Å². The van der Waals surface area contributed by atoms with E-state index >= 15 is 0 Å². The maximum Gasteiger partial charge on any atom is 0.277 e. The molecule has 8 nitrogen and oxygen atoms in total. The van der Waals surface area contributed by atoms with Gasteiger partial charge in [0.15, 0.2) is 11.5 Å². The van der Waals surface area contributed by atoms with Gasteiger partial charge in [-0.2, -0.15) is 0 Å². The molecular weight excluding hydrogens is 388 g/mol. The van der Waals surface area contributed by atoms with Gasteiger partial charge in [0.25, 0.3) is 5.69 Å². The lowest BCUT2D eigenvalue weighted by Gasteiger charge is -2.31. The number of methoxy groups -OCH3 is 2. The van der Waals surface area contributed by atoms with Crippen molar-refractivity contribution in [1.82, 2.24) is 4.90 Å². The van der Waals surface area contributed by atoms with Gasteiger partial charge >= 0.3 is 0 Å². The monoisotopic (exact) mass is 414 g/mol. The van der Waals surface area contributed by atoms with E-state index in [-0.39, 0.29) is 35.4 Å². The van der Waals surface area contributed by atoms with Gasteiger partial charge in [0, 0.05) is 12.1 Å². The second kappa shape index (κ2) is 9.58. The SMILES string of the molecule is COc1cc(CC(=O)N(Cc2ccccc2)C2CCCC2O)c([N+](=O)[O-])cc1OC. The standard InChI is InChI=1S/C22H26N2O6/c1-29-20-11-16(18(24(27)28)13-21(20)30-2)12-22(26)23(17-9-6-10-19(17)25)14-15-7-4-3-5-8-15/h3-5,7-8,11,13,17,19,25H,6,9-10,12,14H2,1-2H3. The van der Waals surface area contributed by atoms with E-state index in [1.807, 2.05) is 30.3 Å². The molecule has 0 spiro atoms. The van der Waals surface area contributed by atoms with Gasteiger partial charge in [0.05, 0.1) is 43.8 Å². The first kappa shape index (κ1) is 21.6. The number of nitro groups is 1. The van der Waals surface area contributed by atoms with E-state index in [1.54, 1.807) is 4.90 Å². The van der Waals surface area contributed by atoms with Crippen molar-refractivity contribution in [2.24, 2.45) is 0 Å². The van der Waals surface area contributed by atoms with E-state index < -0.39 is 11.0 Å².